The van der Waals surface area contributed by atoms with Gasteiger partial charge in [0.25, 0.3) is 5.91 Å². The van der Waals surface area contributed by atoms with Crippen molar-refractivity contribution in [1.29, 1.82) is 0 Å². The molecule has 0 radical (unpaired) electrons. The molecule has 0 unspecified atom stereocenters. The second-order valence-electron chi connectivity index (χ2n) is 2.46. The first-order chi connectivity index (χ1) is 4.61. The molecule has 54 valence electrons. The van der Waals surface area contributed by atoms with Gasteiger partial charge in [0.2, 0.25) is 5.91 Å². The first-order valence-electron chi connectivity index (χ1n) is 3.09. The molecular weight excluding hydrogens is 130 g/mol. The van der Waals surface area contributed by atoms with Crippen LogP contribution in [-0.2, 0) is 9.59 Å². The van der Waals surface area contributed by atoms with Gasteiger partial charge in [-0.2, -0.15) is 0 Å². The summed E-state index contributed by atoms with van der Waals surface area (Å²) in [5.74, 6) is -0.334. The second kappa shape index (κ2) is 2.25. The lowest BCUT2D eigenvalue weighted by Crippen LogP contribution is -2.34. The highest BCUT2D eigenvalue weighted by atomic mass is 16.2. The van der Waals surface area contributed by atoms with E-state index >= 15 is 0 Å². The average Bonchev–Trinajstić information content (AvgIpc) is 1.82. The number of hydrogen-bond acceptors (Lipinski definition) is 2. The van der Waals surface area contributed by atoms with Crippen molar-refractivity contribution in [3.8, 4) is 0 Å². The van der Waals surface area contributed by atoms with Crippen LogP contribution in [0.5, 0.6) is 0 Å². The number of carbonyl (C=O) groups excluding carboxylic acids is 2. The van der Waals surface area contributed by atoms with Gasteiger partial charge in [0.05, 0.1) is 0 Å². The summed E-state index contributed by atoms with van der Waals surface area (Å²) in [4.78, 5) is 22.9. The standard InChI is InChI=1S/C7H9NO2/c1-5-3-6(9)8(2)7(10)4-5/h3H,4H2,1-2H3. The zero-order valence-corrected chi connectivity index (χ0v) is 6.05. The topological polar surface area (TPSA) is 37.4 Å². The van der Waals surface area contributed by atoms with Crippen molar-refractivity contribution in [2.45, 2.75) is 13.3 Å². The number of rotatable bonds is 0. The fourth-order valence-electron chi connectivity index (χ4n) is 0.839. The van der Waals surface area contributed by atoms with Gasteiger partial charge in [-0.15, -0.1) is 0 Å². The van der Waals surface area contributed by atoms with Gasteiger partial charge >= 0.3 is 0 Å². The summed E-state index contributed by atoms with van der Waals surface area (Å²) in [7, 11) is 1.49. The Labute approximate surface area is 59.3 Å². The summed E-state index contributed by atoms with van der Waals surface area (Å²) >= 11 is 0. The molecule has 0 fully saturated rings. The molecule has 0 spiro atoms. The molecule has 3 heteroatoms. The highest BCUT2D eigenvalue weighted by Gasteiger charge is 2.19. The third-order valence-electron chi connectivity index (χ3n) is 1.50. The van der Waals surface area contributed by atoms with Crippen molar-refractivity contribution >= 4 is 11.8 Å². The van der Waals surface area contributed by atoms with E-state index in [4.69, 9.17) is 0 Å². The molecular formula is C7H9NO2. The highest BCUT2D eigenvalue weighted by molar-refractivity contribution is 6.04. The molecule has 3 nitrogen and oxygen atoms in total. The molecule has 2 amide bonds. The quantitative estimate of drug-likeness (QED) is 0.453. The fourth-order valence-corrected chi connectivity index (χ4v) is 0.839. The lowest BCUT2D eigenvalue weighted by molar-refractivity contribution is -0.140. The lowest BCUT2D eigenvalue weighted by Gasteiger charge is -2.17. The van der Waals surface area contributed by atoms with Crippen LogP contribution in [0.2, 0.25) is 0 Å². The van der Waals surface area contributed by atoms with Gasteiger partial charge in [-0.3, -0.25) is 14.5 Å². The van der Waals surface area contributed by atoms with Crippen LogP contribution in [-0.4, -0.2) is 23.8 Å². The molecule has 0 aromatic carbocycles. The summed E-state index contributed by atoms with van der Waals surface area (Å²) in [6.07, 6.45) is 1.86. The number of amides is 2. The molecule has 0 bridgehead atoms. The van der Waals surface area contributed by atoms with E-state index in [1.54, 1.807) is 6.92 Å². The smallest absolute Gasteiger partial charge is 0.252 e. The molecule has 0 aromatic rings. The van der Waals surface area contributed by atoms with Gasteiger partial charge in [0, 0.05) is 19.5 Å². The van der Waals surface area contributed by atoms with Gasteiger partial charge in [0.1, 0.15) is 0 Å². The zero-order valence-electron chi connectivity index (χ0n) is 6.05. The van der Waals surface area contributed by atoms with E-state index in [2.05, 4.69) is 0 Å². The Morgan fingerprint density at radius 2 is 2.10 bits per heavy atom. The van der Waals surface area contributed by atoms with Crippen LogP contribution >= 0.6 is 0 Å². The summed E-state index contributed by atoms with van der Waals surface area (Å²) in [6.45, 7) is 1.78. The summed E-state index contributed by atoms with van der Waals surface area (Å²) in [5.41, 5.74) is 0.841. The third-order valence-corrected chi connectivity index (χ3v) is 1.50. The van der Waals surface area contributed by atoms with E-state index in [-0.39, 0.29) is 11.8 Å². The first kappa shape index (κ1) is 6.99. The molecule has 0 aromatic heterocycles. The van der Waals surface area contributed by atoms with Crippen molar-refractivity contribution in [3.63, 3.8) is 0 Å². The number of carbonyl (C=O) groups is 2. The van der Waals surface area contributed by atoms with Crippen molar-refractivity contribution in [1.82, 2.24) is 4.90 Å². The number of nitrogens with zero attached hydrogens (tertiary/aromatic N) is 1. The highest BCUT2D eigenvalue weighted by Crippen LogP contribution is 2.09. The van der Waals surface area contributed by atoms with E-state index in [0.717, 1.165) is 10.5 Å². The maximum atomic E-state index is 10.9. The molecule has 0 saturated carbocycles. The van der Waals surface area contributed by atoms with Crippen molar-refractivity contribution in [2.24, 2.45) is 0 Å². The van der Waals surface area contributed by atoms with E-state index in [1.807, 2.05) is 0 Å². The Balaban J connectivity index is 2.89. The molecule has 0 aliphatic carbocycles. The SMILES string of the molecule is CC1=CC(=O)N(C)C(=O)C1. The van der Waals surface area contributed by atoms with Gasteiger partial charge < -0.3 is 0 Å². The largest absolute Gasteiger partial charge is 0.282 e. The van der Waals surface area contributed by atoms with E-state index in [0.29, 0.717) is 6.42 Å². The Morgan fingerprint density at radius 1 is 1.50 bits per heavy atom. The summed E-state index contributed by atoms with van der Waals surface area (Å²) in [6, 6.07) is 0. The third kappa shape index (κ3) is 1.07. The van der Waals surface area contributed by atoms with Crippen molar-refractivity contribution in [2.75, 3.05) is 7.05 Å². The van der Waals surface area contributed by atoms with Crippen LogP contribution in [0.15, 0.2) is 11.6 Å². The Kier molecular flexibility index (Phi) is 1.57. The predicted octanol–water partition coefficient (Wildman–Crippen LogP) is 0.321. The maximum Gasteiger partial charge on any atom is 0.252 e. The van der Waals surface area contributed by atoms with E-state index in [9.17, 15) is 9.59 Å². The van der Waals surface area contributed by atoms with Gasteiger partial charge in [0.15, 0.2) is 0 Å². The first-order valence-corrected chi connectivity index (χ1v) is 3.09. The van der Waals surface area contributed by atoms with Crippen LogP contribution in [0.3, 0.4) is 0 Å². The molecule has 0 atom stereocenters. The molecule has 1 aliphatic rings. The fraction of sp³-hybridized carbons (Fsp3) is 0.429. The lowest BCUT2D eigenvalue weighted by atomic mass is 10.1. The summed E-state index contributed by atoms with van der Waals surface area (Å²) < 4.78 is 0. The molecule has 0 saturated heterocycles. The van der Waals surface area contributed by atoms with Crippen LogP contribution in [0.4, 0.5) is 0 Å². The van der Waals surface area contributed by atoms with E-state index in [1.165, 1.54) is 13.1 Å². The van der Waals surface area contributed by atoms with Gasteiger partial charge in [-0.25, -0.2) is 0 Å². The van der Waals surface area contributed by atoms with Crippen LogP contribution in [0.1, 0.15) is 13.3 Å². The van der Waals surface area contributed by atoms with Gasteiger partial charge in [-0.1, -0.05) is 5.57 Å². The van der Waals surface area contributed by atoms with Crippen LogP contribution < -0.4 is 0 Å². The molecule has 1 heterocycles. The minimum Gasteiger partial charge on any atom is -0.282 e. The van der Waals surface area contributed by atoms with Crippen molar-refractivity contribution < 1.29 is 9.59 Å². The Hall–Kier alpha value is -1.12. The average molecular weight is 139 g/mol. The van der Waals surface area contributed by atoms with Gasteiger partial charge in [-0.05, 0) is 6.92 Å². The maximum absolute atomic E-state index is 10.9. The minimum absolute atomic E-state index is 0.120. The van der Waals surface area contributed by atoms with E-state index < -0.39 is 0 Å². The number of hydrogen-bond donors (Lipinski definition) is 0. The monoisotopic (exact) mass is 139 g/mol. The predicted molar refractivity (Wildman–Crippen MR) is 36.2 cm³/mol. The Morgan fingerprint density at radius 3 is 2.60 bits per heavy atom. The van der Waals surface area contributed by atoms with Crippen LogP contribution in [0, 0.1) is 0 Å². The minimum atomic E-state index is -0.214. The Bertz CT molecular complexity index is 218. The molecule has 0 N–H and O–H groups in total. The number of likely N-dealkylation sites (N-methyl/N-ethyl adjacent to an activating group) is 1. The molecule has 10 heavy (non-hydrogen) atoms. The molecule has 1 aliphatic heterocycles. The molecule has 1 rings (SSSR count). The second-order valence-corrected chi connectivity index (χ2v) is 2.46. The van der Waals surface area contributed by atoms with Crippen LogP contribution in [0.25, 0.3) is 0 Å². The normalized spacial score (nSPS) is 19.4. The summed E-state index contributed by atoms with van der Waals surface area (Å²) in [5, 5.41) is 0. The number of imide groups is 1. The zero-order chi connectivity index (χ0) is 7.72. The van der Waals surface area contributed by atoms with Crippen molar-refractivity contribution in [3.05, 3.63) is 11.6 Å².